The van der Waals surface area contributed by atoms with Crippen LogP contribution in [0.2, 0.25) is 0 Å². The fourth-order valence-corrected chi connectivity index (χ4v) is 4.51. The van der Waals surface area contributed by atoms with Gasteiger partial charge in [0, 0.05) is 0 Å². The number of hydrogen-bond donors (Lipinski definition) is 1. The number of nitrogens with one attached hydrogen (secondary N) is 1. The molecular weight excluding hydrogens is 356 g/mol. The van der Waals surface area contributed by atoms with E-state index in [9.17, 15) is 13.2 Å². The Bertz CT molecular complexity index is 1030. The molecule has 0 atom stereocenters. The molecular formula is C18H18N2O3S2. The van der Waals surface area contributed by atoms with Gasteiger partial charge in [0.1, 0.15) is 0 Å². The van der Waals surface area contributed by atoms with Crippen LogP contribution in [0.5, 0.6) is 0 Å². The smallest absolute Gasteiger partial charge is 0.258 e. The number of thiazole rings is 1. The number of anilines is 1. The molecule has 7 heteroatoms. The van der Waals surface area contributed by atoms with Gasteiger partial charge in [-0.1, -0.05) is 30.4 Å². The molecule has 0 spiro atoms. The van der Waals surface area contributed by atoms with E-state index in [1.807, 2.05) is 26.0 Å². The largest absolute Gasteiger partial charge is 0.298 e. The quantitative estimate of drug-likeness (QED) is 0.750. The number of hydrogen-bond acceptors (Lipinski definition) is 5. The maximum absolute atomic E-state index is 12.6. The molecule has 1 amide bonds. The number of benzene rings is 2. The summed E-state index contributed by atoms with van der Waals surface area (Å²) in [6, 6.07) is 10.2. The lowest BCUT2D eigenvalue weighted by Crippen LogP contribution is -2.17. The summed E-state index contributed by atoms with van der Waals surface area (Å²) in [6.07, 6.45) is 0. The SMILES string of the molecule is CCS(=O)(=O)c1ccccc1C(=O)Nc1nc2cc(C)c(C)cc2s1. The number of carbonyl (C=O) groups excluding carboxylic acids is 1. The van der Waals surface area contributed by atoms with Gasteiger partial charge >= 0.3 is 0 Å². The summed E-state index contributed by atoms with van der Waals surface area (Å²) in [6.45, 7) is 5.60. The van der Waals surface area contributed by atoms with E-state index >= 15 is 0 Å². The maximum Gasteiger partial charge on any atom is 0.258 e. The van der Waals surface area contributed by atoms with Crippen LogP contribution in [-0.4, -0.2) is 25.1 Å². The van der Waals surface area contributed by atoms with Crippen LogP contribution in [-0.2, 0) is 9.84 Å². The average molecular weight is 374 g/mol. The fourth-order valence-electron chi connectivity index (χ4n) is 2.48. The summed E-state index contributed by atoms with van der Waals surface area (Å²) in [7, 11) is -3.48. The first-order valence-corrected chi connectivity index (χ1v) is 10.3. The Kier molecular flexibility index (Phi) is 4.62. The monoisotopic (exact) mass is 374 g/mol. The van der Waals surface area contributed by atoms with Crippen molar-refractivity contribution < 1.29 is 13.2 Å². The third kappa shape index (κ3) is 3.43. The molecule has 3 rings (SSSR count). The maximum atomic E-state index is 12.6. The van der Waals surface area contributed by atoms with Gasteiger partial charge in [0.15, 0.2) is 15.0 Å². The number of fused-ring (bicyclic) bond motifs is 1. The van der Waals surface area contributed by atoms with Crippen molar-refractivity contribution in [3.05, 3.63) is 53.1 Å². The minimum atomic E-state index is -3.48. The van der Waals surface area contributed by atoms with Crippen LogP contribution in [0.25, 0.3) is 10.2 Å². The third-order valence-corrected chi connectivity index (χ3v) is 6.79. The highest BCUT2D eigenvalue weighted by Crippen LogP contribution is 2.29. The van der Waals surface area contributed by atoms with Crippen LogP contribution in [0.4, 0.5) is 5.13 Å². The summed E-state index contributed by atoms with van der Waals surface area (Å²) in [5.74, 6) is -0.531. The van der Waals surface area contributed by atoms with Crippen LogP contribution in [0, 0.1) is 13.8 Å². The standard InChI is InChI=1S/C18H18N2O3S2/c1-4-25(22,23)16-8-6-5-7-13(16)17(21)20-18-19-14-9-11(2)12(3)10-15(14)24-18/h5-10H,4H2,1-3H3,(H,19,20,21). The van der Waals surface area contributed by atoms with Crippen molar-refractivity contribution in [3.63, 3.8) is 0 Å². The zero-order valence-corrected chi connectivity index (χ0v) is 15.8. The Morgan fingerprint density at radius 2 is 1.84 bits per heavy atom. The van der Waals surface area contributed by atoms with Crippen LogP contribution < -0.4 is 5.32 Å². The number of carbonyl (C=O) groups is 1. The molecule has 0 aliphatic rings. The second kappa shape index (κ2) is 6.57. The molecule has 0 aliphatic heterocycles. The Morgan fingerprint density at radius 1 is 1.16 bits per heavy atom. The second-order valence-corrected chi connectivity index (χ2v) is 9.05. The topological polar surface area (TPSA) is 76.1 Å². The number of aryl methyl sites for hydroxylation is 2. The highest BCUT2D eigenvalue weighted by atomic mass is 32.2. The Morgan fingerprint density at radius 3 is 2.56 bits per heavy atom. The van der Waals surface area contributed by atoms with Crippen LogP contribution in [0.3, 0.4) is 0 Å². The van der Waals surface area contributed by atoms with Gasteiger partial charge in [-0.15, -0.1) is 0 Å². The highest BCUT2D eigenvalue weighted by molar-refractivity contribution is 7.91. The molecule has 5 nitrogen and oxygen atoms in total. The van der Waals surface area contributed by atoms with Gasteiger partial charge in [-0.3, -0.25) is 10.1 Å². The number of sulfone groups is 1. The first-order chi connectivity index (χ1) is 11.8. The third-order valence-electron chi connectivity index (χ3n) is 4.07. The molecule has 2 aromatic carbocycles. The van der Waals surface area contributed by atoms with E-state index in [0.717, 1.165) is 21.3 Å². The molecule has 0 unspecified atom stereocenters. The zero-order chi connectivity index (χ0) is 18.2. The van der Waals surface area contributed by atoms with Crippen molar-refractivity contribution in [2.75, 3.05) is 11.1 Å². The van der Waals surface area contributed by atoms with Crippen molar-refractivity contribution >= 4 is 42.4 Å². The lowest BCUT2D eigenvalue weighted by molar-refractivity contribution is 0.102. The van der Waals surface area contributed by atoms with Gasteiger partial charge in [0.05, 0.1) is 26.4 Å². The van der Waals surface area contributed by atoms with E-state index in [1.54, 1.807) is 19.1 Å². The average Bonchev–Trinajstić information content (AvgIpc) is 2.96. The van der Waals surface area contributed by atoms with Crippen molar-refractivity contribution in [3.8, 4) is 0 Å². The van der Waals surface area contributed by atoms with E-state index in [2.05, 4.69) is 10.3 Å². The van der Waals surface area contributed by atoms with Gasteiger partial charge in [0.2, 0.25) is 0 Å². The van der Waals surface area contributed by atoms with Gasteiger partial charge in [0.25, 0.3) is 5.91 Å². The Hall–Kier alpha value is -2.25. The van der Waals surface area contributed by atoms with Crippen LogP contribution >= 0.6 is 11.3 Å². The van der Waals surface area contributed by atoms with E-state index in [1.165, 1.54) is 23.5 Å². The molecule has 1 aromatic heterocycles. The minimum absolute atomic E-state index is 0.0443. The minimum Gasteiger partial charge on any atom is -0.298 e. The summed E-state index contributed by atoms with van der Waals surface area (Å²) in [5, 5.41) is 3.18. The normalized spacial score (nSPS) is 11.6. The van der Waals surface area contributed by atoms with Crippen molar-refractivity contribution in [2.45, 2.75) is 25.7 Å². The van der Waals surface area contributed by atoms with Gasteiger partial charge in [-0.05, 0) is 49.2 Å². The van der Waals surface area contributed by atoms with Crippen molar-refractivity contribution in [1.29, 1.82) is 0 Å². The molecule has 0 bridgehead atoms. The summed E-state index contributed by atoms with van der Waals surface area (Å²) in [4.78, 5) is 17.1. The Balaban J connectivity index is 1.96. The molecule has 0 saturated heterocycles. The molecule has 130 valence electrons. The van der Waals surface area contributed by atoms with E-state index in [0.29, 0.717) is 5.13 Å². The van der Waals surface area contributed by atoms with E-state index < -0.39 is 15.7 Å². The molecule has 0 fully saturated rings. The number of aromatic nitrogens is 1. The molecule has 3 aromatic rings. The first-order valence-electron chi connectivity index (χ1n) is 7.82. The van der Waals surface area contributed by atoms with Crippen LogP contribution in [0.1, 0.15) is 28.4 Å². The van der Waals surface area contributed by atoms with Gasteiger partial charge < -0.3 is 0 Å². The van der Waals surface area contributed by atoms with Gasteiger partial charge in [-0.25, -0.2) is 13.4 Å². The van der Waals surface area contributed by atoms with Crippen molar-refractivity contribution in [2.24, 2.45) is 0 Å². The number of amides is 1. The Labute approximate surface area is 150 Å². The molecule has 0 aliphatic carbocycles. The number of rotatable bonds is 4. The fraction of sp³-hybridized carbons (Fsp3) is 0.222. The predicted molar refractivity (Wildman–Crippen MR) is 101 cm³/mol. The zero-order valence-electron chi connectivity index (χ0n) is 14.2. The lowest BCUT2D eigenvalue weighted by Gasteiger charge is -2.08. The molecule has 1 N–H and O–H groups in total. The highest BCUT2D eigenvalue weighted by Gasteiger charge is 2.21. The molecule has 0 radical (unpaired) electrons. The van der Waals surface area contributed by atoms with Gasteiger partial charge in [-0.2, -0.15) is 0 Å². The summed E-state index contributed by atoms with van der Waals surface area (Å²) < 4.78 is 25.4. The first kappa shape index (κ1) is 17.6. The van der Waals surface area contributed by atoms with Crippen molar-refractivity contribution in [1.82, 2.24) is 4.98 Å². The summed E-state index contributed by atoms with van der Waals surface area (Å²) in [5.41, 5.74) is 3.25. The van der Waals surface area contributed by atoms with E-state index in [-0.39, 0.29) is 16.2 Å². The van der Waals surface area contributed by atoms with Crippen LogP contribution in [0.15, 0.2) is 41.3 Å². The van der Waals surface area contributed by atoms with E-state index in [4.69, 9.17) is 0 Å². The number of nitrogens with zero attached hydrogens (tertiary/aromatic N) is 1. The second-order valence-electron chi connectivity index (χ2n) is 5.78. The lowest BCUT2D eigenvalue weighted by atomic mass is 10.1. The predicted octanol–water partition coefficient (Wildman–Crippen LogP) is 3.96. The molecule has 25 heavy (non-hydrogen) atoms. The molecule has 1 heterocycles. The molecule has 0 saturated carbocycles. The summed E-state index contributed by atoms with van der Waals surface area (Å²) >= 11 is 1.37.